The van der Waals surface area contributed by atoms with Gasteiger partial charge in [-0.1, -0.05) is 0 Å². The number of carbonyl (C=O) groups excluding carboxylic acids is 1. The summed E-state index contributed by atoms with van der Waals surface area (Å²) in [6, 6.07) is 1.48. The van der Waals surface area contributed by atoms with Crippen LogP contribution in [0.4, 0.5) is 5.00 Å². The highest BCUT2D eigenvalue weighted by atomic mass is 32.2. The Morgan fingerprint density at radius 2 is 2.25 bits per heavy atom. The van der Waals surface area contributed by atoms with Crippen LogP contribution in [0.1, 0.15) is 0 Å². The molecule has 0 bridgehead atoms. The van der Waals surface area contributed by atoms with Gasteiger partial charge < -0.3 is 5.32 Å². The minimum Gasteiger partial charge on any atom is -0.353 e. The van der Waals surface area contributed by atoms with Crippen LogP contribution in [0.2, 0.25) is 0 Å². The Labute approximate surface area is 96.5 Å². The van der Waals surface area contributed by atoms with Crippen LogP contribution < -0.4 is 10.3 Å². The maximum atomic E-state index is 12.0. The number of hydrazone groups is 1. The molecule has 2 heterocycles. The van der Waals surface area contributed by atoms with Gasteiger partial charge in [-0.15, -0.1) is 11.3 Å². The molecule has 0 atom stereocenters. The van der Waals surface area contributed by atoms with Gasteiger partial charge in [0.15, 0.2) is 0 Å². The van der Waals surface area contributed by atoms with Gasteiger partial charge in [0.05, 0.1) is 0 Å². The van der Waals surface area contributed by atoms with E-state index in [1.165, 1.54) is 29.5 Å². The summed E-state index contributed by atoms with van der Waals surface area (Å²) >= 11 is 1.27. The number of hydrogen-bond donors (Lipinski definition) is 1. The normalized spacial score (nSPS) is 17.6. The van der Waals surface area contributed by atoms with E-state index in [9.17, 15) is 13.2 Å². The lowest BCUT2D eigenvalue weighted by molar-refractivity contribution is -0.114. The number of rotatable bonds is 1. The first-order valence-electron chi connectivity index (χ1n) is 4.35. The fraction of sp³-hybridized carbons (Fsp3) is 0.250. The van der Waals surface area contributed by atoms with E-state index < -0.39 is 20.8 Å². The molecule has 1 N–H and O–H groups in total. The monoisotopic (exact) mass is 259 g/mol. The molecule has 86 valence electrons. The van der Waals surface area contributed by atoms with Crippen LogP contribution in [-0.2, 0) is 14.6 Å². The fourth-order valence-electron chi connectivity index (χ4n) is 1.34. The standard InChI is InChI=1S/C8H9N3O3S2/c1-9-6(12)7-10-11(2)8-5(3-4-15-8)16(7,13)14/h3-4H,1-2H3,(H,9,12). The topological polar surface area (TPSA) is 78.8 Å². The summed E-state index contributed by atoms with van der Waals surface area (Å²) in [7, 11) is -0.808. The van der Waals surface area contributed by atoms with Crippen LogP contribution in [0.5, 0.6) is 0 Å². The summed E-state index contributed by atoms with van der Waals surface area (Å²) in [5, 5.41) is 9.14. The SMILES string of the molecule is CNC(=O)C1=NN(C)c2sccc2S1(=O)=O. The van der Waals surface area contributed by atoms with Gasteiger partial charge in [-0.05, 0) is 11.4 Å². The lowest BCUT2D eigenvalue weighted by Gasteiger charge is -2.20. The molecule has 2 rings (SSSR count). The van der Waals surface area contributed by atoms with Gasteiger partial charge >= 0.3 is 0 Å². The molecule has 0 unspecified atom stereocenters. The lowest BCUT2D eigenvalue weighted by atomic mass is 10.6. The smallest absolute Gasteiger partial charge is 0.283 e. The summed E-state index contributed by atoms with van der Waals surface area (Å²) in [5.41, 5.74) is 0. The first kappa shape index (κ1) is 11.1. The van der Waals surface area contributed by atoms with Crippen LogP contribution in [0.15, 0.2) is 21.4 Å². The molecule has 0 aliphatic carbocycles. The largest absolute Gasteiger partial charge is 0.353 e. The molecule has 1 amide bonds. The highest BCUT2D eigenvalue weighted by molar-refractivity contribution is 8.08. The summed E-state index contributed by atoms with van der Waals surface area (Å²) in [4.78, 5) is 11.5. The Hall–Kier alpha value is -1.41. The molecule has 0 saturated carbocycles. The van der Waals surface area contributed by atoms with E-state index in [2.05, 4.69) is 10.4 Å². The number of amides is 1. The predicted octanol–water partition coefficient (Wildman–Crippen LogP) is 0.0311. The molecule has 0 spiro atoms. The molecule has 16 heavy (non-hydrogen) atoms. The Morgan fingerprint density at radius 3 is 2.88 bits per heavy atom. The zero-order valence-corrected chi connectivity index (χ0v) is 10.2. The lowest BCUT2D eigenvalue weighted by Crippen LogP contribution is -2.38. The molecule has 1 aliphatic heterocycles. The summed E-state index contributed by atoms with van der Waals surface area (Å²) in [5.74, 6) is -0.705. The molecule has 8 heteroatoms. The predicted molar refractivity (Wildman–Crippen MR) is 61.4 cm³/mol. The molecular weight excluding hydrogens is 250 g/mol. The van der Waals surface area contributed by atoms with Crippen molar-refractivity contribution in [2.45, 2.75) is 4.90 Å². The van der Waals surface area contributed by atoms with Crippen LogP contribution in [0.25, 0.3) is 0 Å². The Balaban J connectivity index is 2.64. The van der Waals surface area contributed by atoms with Gasteiger partial charge in [0.1, 0.15) is 9.90 Å². The zero-order chi connectivity index (χ0) is 11.9. The molecule has 1 aromatic heterocycles. The van der Waals surface area contributed by atoms with Crippen molar-refractivity contribution >= 4 is 37.1 Å². The van der Waals surface area contributed by atoms with Gasteiger partial charge in [-0.3, -0.25) is 9.80 Å². The van der Waals surface area contributed by atoms with Crippen LogP contribution in [-0.4, -0.2) is 33.5 Å². The Bertz CT molecular complexity index is 573. The number of sulfone groups is 1. The third kappa shape index (κ3) is 1.41. The summed E-state index contributed by atoms with van der Waals surface area (Å²) in [6.07, 6.45) is 0. The van der Waals surface area contributed by atoms with Crippen molar-refractivity contribution in [3.05, 3.63) is 11.4 Å². The van der Waals surface area contributed by atoms with E-state index in [4.69, 9.17) is 0 Å². The zero-order valence-electron chi connectivity index (χ0n) is 8.59. The fourth-order valence-corrected chi connectivity index (χ4v) is 4.01. The Kier molecular flexibility index (Phi) is 2.47. The van der Waals surface area contributed by atoms with Gasteiger partial charge in [0.25, 0.3) is 5.91 Å². The number of carbonyl (C=O) groups is 1. The molecule has 0 aromatic carbocycles. The maximum absolute atomic E-state index is 12.0. The first-order valence-corrected chi connectivity index (χ1v) is 6.71. The quantitative estimate of drug-likeness (QED) is 0.772. The van der Waals surface area contributed by atoms with Gasteiger partial charge in [-0.25, -0.2) is 8.42 Å². The molecule has 1 aromatic rings. The Morgan fingerprint density at radius 1 is 1.56 bits per heavy atom. The average molecular weight is 259 g/mol. The molecule has 0 saturated heterocycles. The number of hydrogen-bond acceptors (Lipinski definition) is 6. The molecular formula is C8H9N3O3S2. The number of thiophene rings is 1. The molecule has 0 fully saturated rings. The van der Waals surface area contributed by atoms with E-state index in [-0.39, 0.29) is 4.90 Å². The molecule has 1 aliphatic rings. The van der Waals surface area contributed by atoms with E-state index >= 15 is 0 Å². The third-order valence-corrected chi connectivity index (χ3v) is 4.90. The van der Waals surface area contributed by atoms with Crippen molar-refractivity contribution in [1.82, 2.24) is 5.32 Å². The average Bonchev–Trinajstić information content (AvgIpc) is 2.72. The highest BCUT2D eigenvalue weighted by Crippen LogP contribution is 2.35. The second-order valence-electron chi connectivity index (χ2n) is 3.10. The van der Waals surface area contributed by atoms with Crippen molar-refractivity contribution in [2.75, 3.05) is 19.1 Å². The number of fused-ring (bicyclic) bond motifs is 1. The van der Waals surface area contributed by atoms with E-state index in [0.29, 0.717) is 5.00 Å². The van der Waals surface area contributed by atoms with Crippen molar-refractivity contribution < 1.29 is 13.2 Å². The van der Waals surface area contributed by atoms with E-state index in [1.807, 2.05) is 0 Å². The van der Waals surface area contributed by atoms with Gasteiger partial charge in [-0.2, -0.15) is 5.10 Å². The molecule has 6 nitrogen and oxygen atoms in total. The second kappa shape index (κ2) is 3.56. The summed E-state index contributed by atoms with van der Waals surface area (Å²) in [6.45, 7) is 0. The maximum Gasteiger partial charge on any atom is 0.283 e. The van der Waals surface area contributed by atoms with Crippen molar-refractivity contribution in [3.8, 4) is 0 Å². The van der Waals surface area contributed by atoms with Crippen molar-refractivity contribution in [2.24, 2.45) is 5.10 Å². The van der Waals surface area contributed by atoms with Crippen LogP contribution in [0, 0.1) is 0 Å². The van der Waals surface area contributed by atoms with E-state index in [0.717, 1.165) is 0 Å². The van der Waals surface area contributed by atoms with Crippen LogP contribution in [0.3, 0.4) is 0 Å². The first-order chi connectivity index (χ1) is 7.48. The van der Waals surface area contributed by atoms with Crippen LogP contribution >= 0.6 is 11.3 Å². The highest BCUT2D eigenvalue weighted by Gasteiger charge is 2.36. The van der Waals surface area contributed by atoms with Crippen molar-refractivity contribution in [3.63, 3.8) is 0 Å². The minimum absolute atomic E-state index is 0.133. The van der Waals surface area contributed by atoms with E-state index in [1.54, 1.807) is 12.4 Å². The third-order valence-electron chi connectivity index (χ3n) is 2.11. The summed E-state index contributed by atoms with van der Waals surface area (Å²) < 4.78 is 24.0. The minimum atomic E-state index is -3.78. The number of anilines is 1. The number of nitrogens with one attached hydrogen (secondary N) is 1. The second-order valence-corrected chi connectivity index (χ2v) is 5.83. The van der Waals surface area contributed by atoms with Gasteiger partial charge in [0, 0.05) is 14.1 Å². The molecule has 0 radical (unpaired) electrons. The number of nitrogens with zero attached hydrogens (tertiary/aromatic N) is 2. The van der Waals surface area contributed by atoms with Crippen molar-refractivity contribution in [1.29, 1.82) is 0 Å². The van der Waals surface area contributed by atoms with Gasteiger partial charge in [0.2, 0.25) is 14.9 Å².